The van der Waals surface area contributed by atoms with Crippen molar-refractivity contribution in [1.82, 2.24) is 10.2 Å². The number of para-hydroxylation sites is 1. The zero-order valence-corrected chi connectivity index (χ0v) is 15.2. The number of aromatic nitrogens is 2. The minimum Gasteiger partial charge on any atom is -0.493 e. The molecular formula is C22H18FN3O2. The van der Waals surface area contributed by atoms with Crippen molar-refractivity contribution >= 4 is 22.6 Å². The number of H-pyrrole nitrogens is 1. The Morgan fingerprint density at radius 1 is 1.11 bits per heavy atom. The molecule has 0 aliphatic heterocycles. The molecule has 4 rings (SSSR count). The van der Waals surface area contributed by atoms with Gasteiger partial charge in [-0.3, -0.25) is 9.89 Å². The third-order valence-corrected chi connectivity index (χ3v) is 4.41. The van der Waals surface area contributed by atoms with Crippen LogP contribution >= 0.6 is 0 Å². The molecule has 4 aromatic rings. The number of nitrogens with one attached hydrogen (secondary N) is 2. The lowest BCUT2D eigenvalue weighted by Crippen LogP contribution is -2.14. The number of amides is 1. The molecule has 3 aromatic carbocycles. The molecule has 0 saturated carbocycles. The maximum absolute atomic E-state index is 13.8. The molecule has 0 fully saturated rings. The molecule has 5 nitrogen and oxygen atoms in total. The number of anilines is 1. The molecule has 0 saturated heterocycles. The van der Waals surface area contributed by atoms with Crippen LogP contribution in [0.1, 0.15) is 17.3 Å². The highest BCUT2D eigenvalue weighted by molar-refractivity contribution is 6.08. The first-order valence-electron chi connectivity index (χ1n) is 8.93. The Kier molecular flexibility index (Phi) is 4.76. The van der Waals surface area contributed by atoms with Crippen LogP contribution < -0.4 is 10.1 Å². The van der Waals surface area contributed by atoms with E-state index in [4.69, 9.17) is 4.74 Å². The highest BCUT2D eigenvalue weighted by Crippen LogP contribution is 2.33. The molecule has 0 spiro atoms. The zero-order valence-electron chi connectivity index (χ0n) is 15.2. The lowest BCUT2D eigenvalue weighted by atomic mass is 10.0. The third kappa shape index (κ3) is 3.32. The van der Waals surface area contributed by atoms with Crippen molar-refractivity contribution in [1.29, 1.82) is 0 Å². The van der Waals surface area contributed by atoms with Gasteiger partial charge in [0.2, 0.25) is 0 Å². The lowest BCUT2D eigenvalue weighted by molar-refractivity contribution is 0.102. The minimum absolute atomic E-state index is 0.0269. The fraction of sp³-hybridized carbons (Fsp3) is 0.0909. The average Bonchev–Trinajstić information content (AvgIpc) is 3.11. The van der Waals surface area contributed by atoms with E-state index in [0.29, 0.717) is 12.4 Å². The van der Waals surface area contributed by atoms with Gasteiger partial charge >= 0.3 is 0 Å². The van der Waals surface area contributed by atoms with Gasteiger partial charge in [-0.25, -0.2) is 4.39 Å². The molecule has 0 unspecified atom stereocenters. The second kappa shape index (κ2) is 7.52. The van der Waals surface area contributed by atoms with Crippen molar-refractivity contribution in [3.63, 3.8) is 0 Å². The smallest absolute Gasteiger partial charge is 0.259 e. The number of aromatic amines is 1. The second-order valence-electron chi connectivity index (χ2n) is 6.20. The van der Waals surface area contributed by atoms with Crippen LogP contribution in [0, 0.1) is 5.82 Å². The van der Waals surface area contributed by atoms with E-state index in [1.807, 2.05) is 49.4 Å². The number of halogens is 1. The van der Waals surface area contributed by atoms with Gasteiger partial charge in [0.15, 0.2) is 5.82 Å². The predicted octanol–water partition coefficient (Wildman–Crippen LogP) is 5.02. The molecular weight excluding hydrogens is 357 g/mol. The first kappa shape index (κ1) is 17.7. The number of carbonyl (C=O) groups excluding carboxylic acids is 1. The largest absolute Gasteiger partial charge is 0.493 e. The molecule has 2 N–H and O–H groups in total. The highest BCUT2D eigenvalue weighted by Gasteiger charge is 2.15. The molecule has 0 atom stereocenters. The number of rotatable bonds is 5. The summed E-state index contributed by atoms with van der Waals surface area (Å²) < 4.78 is 19.5. The summed E-state index contributed by atoms with van der Waals surface area (Å²) >= 11 is 0. The molecule has 0 radical (unpaired) electrons. The van der Waals surface area contributed by atoms with E-state index in [1.165, 1.54) is 18.2 Å². The van der Waals surface area contributed by atoms with Crippen molar-refractivity contribution in [2.75, 3.05) is 11.9 Å². The standard InChI is InChI=1S/C22H18FN3O2/c1-2-28-20-10-6-4-7-15(20)14-11-12-17-19(13-14)25-26-21(17)24-22(27)16-8-3-5-9-18(16)23/h3-13H,2H2,1H3,(H2,24,25,26,27). The van der Waals surface area contributed by atoms with Crippen LogP contribution in [0.15, 0.2) is 66.7 Å². The SMILES string of the molecule is CCOc1ccccc1-c1ccc2c(NC(=O)c3ccccc3F)n[nH]c2c1. The van der Waals surface area contributed by atoms with Gasteiger partial charge in [-0.1, -0.05) is 36.4 Å². The van der Waals surface area contributed by atoms with Gasteiger partial charge in [0, 0.05) is 10.9 Å². The van der Waals surface area contributed by atoms with Crippen LogP contribution in [0.25, 0.3) is 22.0 Å². The van der Waals surface area contributed by atoms with Gasteiger partial charge in [-0.15, -0.1) is 0 Å². The number of hydrogen-bond donors (Lipinski definition) is 2. The third-order valence-electron chi connectivity index (χ3n) is 4.41. The van der Waals surface area contributed by atoms with Crippen LogP contribution in [-0.2, 0) is 0 Å². The van der Waals surface area contributed by atoms with E-state index >= 15 is 0 Å². The molecule has 0 bridgehead atoms. The van der Waals surface area contributed by atoms with Crippen LogP contribution in [0.4, 0.5) is 10.2 Å². The van der Waals surface area contributed by atoms with Crippen molar-refractivity contribution in [3.05, 3.63) is 78.1 Å². The van der Waals surface area contributed by atoms with Gasteiger partial charge < -0.3 is 10.1 Å². The Morgan fingerprint density at radius 2 is 1.89 bits per heavy atom. The summed E-state index contributed by atoms with van der Waals surface area (Å²) in [5, 5.41) is 10.5. The Hall–Kier alpha value is -3.67. The number of hydrogen-bond acceptors (Lipinski definition) is 3. The molecule has 1 amide bonds. The Balaban J connectivity index is 1.66. The summed E-state index contributed by atoms with van der Waals surface area (Å²) in [5.41, 5.74) is 2.67. The molecule has 1 aromatic heterocycles. The van der Waals surface area contributed by atoms with Gasteiger partial charge in [0.1, 0.15) is 11.6 Å². The van der Waals surface area contributed by atoms with Crippen LogP contribution in [0.3, 0.4) is 0 Å². The second-order valence-corrected chi connectivity index (χ2v) is 6.20. The van der Waals surface area contributed by atoms with E-state index in [-0.39, 0.29) is 5.56 Å². The molecule has 140 valence electrons. The van der Waals surface area contributed by atoms with Crippen molar-refractivity contribution < 1.29 is 13.9 Å². The fourth-order valence-electron chi connectivity index (χ4n) is 3.09. The number of carbonyl (C=O) groups is 1. The van der Waals surface area contributed by atoms with E-state index < -0.39 is 11.7 Å². The van der Waals surface area contributed by atoms with Gasteiger partial charge in [-0.05, 0) is 42.8 Å². The Bertz CT molecular complexity index is 1150. The highest BCUT2D eigenvalue weighted by atomic mass is 19.1. The summed E-state index contributed by atoms with van der Waals surface area (Å²) in [4.78, 5) is 12.4. The number of fused-ring (bicyclic) bond motifs is 1. The quantitative estimate of drug-likeness (QED) is 0.515. The van der Waals surface area contributed by atoms with Gasteiger partial charge in [-0.2, -0.15) is 5.10 Å². The van der Waals surface area contributed by atoms with Crippen LogP contribution in [0.5, 0.6) is 5.75 Å². The molecule has 6 heteroatoms. The Labute approximate surface area is 161 Å². The average molecular weight is 375 g/mol. The van der Waals surface area contributed by atoms with Gasteiger partial charge in [0.25, 0.3) is 5.91 Å². The molecule has 0 aliphatic carbocycles. The Morgan fingerprint density at radius 3 is 2.71 bits per heavy atom. The first-order valence-corrected chi connectivity index (χ1v) is 8.93. The number of ether oxygens (including phenoxy) is 1. The summed E-state index contributed by atoms with van der Waals surface area (Å²) in [6, 6.07) is 19.4. The van der Waals surface area contributed by atoms with Crippen molar-refractivity contribution in [2.45, 2.75) is 6.92 Å². The van der Waals surface area contributed by atoms with E-state index in [9.17, 15) is 9.18 Å². The van der Waals surface area contributed by atoms with E-state index in [1.54, 1.807) is 6.07 Å². The summed E-state index contributed by atoms with van der Waals surface area (Å²) in [6.07, 6.45) is 0. The normalized spacial score (nSPS) is 10.8. The van der Waals surface area contributed by atoms with Gasteiger partial charge in [0.05, 0.1) is 17.7 Å². The number of benzene rings is 3. The molecule has 1 heterocycles. The number of nitrogens with zero attached hydrogens (tertiary/aromatic N) is 1. The zero-order chi connectivity index (χ0) is 19.5. The first-order chi connectivity index (χ1) is 13.7. The summed E-state index contributed by atoms with van der Waals surface area (Å²) in [5.74, 6) is 0.0387. The lowest BCUT2D eigenvalue weighted by Gasteiger charge is -2.10. The van der Waals surface area contributed by atoms with Crippen LogP contribution in [-0.4, -0.2) is 22.7 Å². The molecule has 28 heavy (non-hydrogen) atoms. The van der Waals surface area contributed by atoms with Crippen molar-refractivity contribution in [3.8, 4) is 16.9 Å². The van der Waals surface area contributed by atoms with E-state index in [2.05, 4.69) is 15.5 Å². The van der Waals surface area contributed by atoms with Crippen molar-refractivity contribution in [2.24, 2.45) is 0 Å². The topological polar surface area (TPSA) is 67.0 Å². The maximum atomic E-state index is 13.8. The minimum atomic E-state index is -0.574. The monoisotopic (exact) mass is 375 g/mol. The maximum Gasteiger partial charge on any atom is 0.259 e. The summed E-state index contributed by atoms with van der Waals surface area (Å²) in [7, 11) is 0. The summed E-state index contributed by atoms with van der Waals surface area (Å²) in [6.45, 7) is 2.52. The predicted molar refractivity (Wildman–Crippen MR) is 107 cm³/mol. The fourth-order valence-corrected chi connectivity index (χ4v) is 3.09. The molecule has 0 aliphatic rings. The van der Waals surface area contributed by atoms with Crippen LogP contribution in [0.2, 0.25) is 0 Å². The van der Waals surface area contributed by atoms with E-state index in [0.717, 1.165) is 27.8 Å².